The lowest BCUT2D eigenvalue weighted by atomic mass is 10.1. The van der Waals surface area contributed by atoms with Gasteiger partial charge in [0.15, 0.2) is 58.2 Å². The van der Waals surface area contributed by atoms with Gasteiger partial charge in [0, 0.05) is 82.0 Å². The number of aromatic hydroxyl groups is 4. The van der Waals surface area contributed by atoms with Gasteiger partial charge in [-0.15, -0.1) is 0 Å². The van der Waals surface area contributed by atoms with Crippen molar-refractivity contribution in [3.05, 3.63) is 358 Å². The molecule has 4 aromatic heterocycles. The number of hydrogen-bond donors (Lipinski definition) is 12. The van der Waals surface area contributed by atoms with Crippen LogP contribution in [0.1, 0.15) is 27.0 Å². The molecule has 0 unspecified atom stereocenters. The topological polar surface area (TPSA) is 405 Å². The van der Waals surface area contributed by atoms with Gasteiger partial charge >= 0.3 is 0 Å². The van der Waals surface area contributed by atoms with Gasteiger partial charge in [-0.3, -0.25) is 19.2 Å². The van der Waals surface area contributed by atoms with Crippen molar-refractivity contribution in [1.82, 2.24) is 39.9 Å². The van der Waals surface area contributed by atoms with Gasteiger partial charge in [0.2, 0.25) is 23.5 Å². The van der Waals surface area contributed by atoms with Crippen LogP contribution in [0.2, 0.25) is 0 Å². The van der Waals surface area contributed by atoms with Crippen molar-refractivity contribution < 1.29 is 70.3 Å². The molecule has 0 atom stereocenters. The molecule has 24 nitrogen and oxygen atoms in total. The number of aromatic nitrogens is 8. The van der Waals surface area contributed by atoms with E-state index in [1.807, 2.05) is 54.6 Å². The van der Waals surface area contributed by atoms with E-state index in [1.165, 1.54) is 54.9 Å². The van der Waals surface area contributed by atoms with Gasteiger partial charge in [-0.2, -0.15) is 0 Å². The fourth-order valence-electron chi connectivity index (χ4n) is 12.3. The summed E-state index contributed by atoms with van der Waals surface area (Å²) < 4.78 is 95.9. The Morgan fingerprint density at radius 3 is 0.890 bits per heavy atom. The minimum absolute atomic E-state index is 0.0340. The molecule has 4 heterocycles. The summed E-state index contributed by atoms with van der Waals surface area (Å²) >= 11 is 2.23. The van der Waals surface area contributed by atoms with E-state index >= 15 is 0 Å². The third-order valence-corrected chi connectivity index (χ3v) is 19.5. The molecule has 16 N–H and O–H groups in total. The predicted octanol–water partition coefficient (Wildman–Crippen LogP) is 18.8. The van der Waals surface area contributed by atoms with Crippen molar-refractivity contribution in [2.24, 2.45) is 0 Å². The maximum atomic E-state index is 14.0. The highest BCUT2D eigenvalue weighted by molar-refractivity contribution is 14.1. The number of nitrogens with one attached hydrogen (secondary N) is 4. The number of amides is 4. The van der Waals surface area contributed by atoms with E-state index < -0.39 is 64.5 Å². The number of phenolic OH excluding ortho intramolecular Hbond substituents is 4. The van der Waals surface area contributed by atoms with Gasteiger partial charge in [-0.25, -0.2) is 70.6 Å². The lowest BCUT2D eigenvalue weighted by Gasteiger charge is -2.13. The molecule has 0 aliphatic carbocycles. The predicted molar refractivity (Wildman–Crippen MR) is 479 cm³/mol. The van der Waals surface area contributed by atoms with E-state index in [9.17, 15) is 70.3 Å². The first-order valence-corrected chi connectivity index (χ1v) is 39.2. The Kier molecular flexibility index (Phi) is 28.1. The summed E-state index contributed by atoms with van der Waals surface area (Å²) in [5, 5.41) is 49.1. The molecule has 0 bridgehead atoms. The average Bonchev–Trinajstić information content (AvgIpc) is 0.787. The average molecular weight is 1820 g/mol. The molecule has 127 heavy (non-hydrogen) atoms. The van der Waals surface area contributed by atoms with E-state index in [4.69, 9.17) is 32.9 Å². The normalized spacial score (nSPS) is 10.7. The molecular formula is C95H70F7IN16O8. The fourth-order valence-corrected chi connectivity index (χ4v) is 12.6. The number of nitrogens with two attached hydrogens (primary N) is 4. The zero-order valence-corrected chi connectivity index (χ0v) is 68.3. The minimum atomic E-state index is -2.32. The van der Waals surface area contributed by atoms with E-state index in [2.05, 4.69) is 73.8 Å². The van der Waals surface area contributed by atoms with Gasteiger partial charge < -0.3 is 64.6 Å². The fraction of sp³-hybridized carbons (Fsp3) is 0.0316. The number of hydrogen-bond acceptors (Lipinski definition) is 20. The quantitative estimate of drug-likeness (QED) is 0.0118. The number of phenols is 4. The van der Waals surface area contributed by atoms with Crippen molar-refractivity contribution >= 4 is 92.2 Å². The smallest absolute Gasteiger partial charge is 0.256 e. The highest BCUT2D eigenvalue weighted by Gasteiger charge is 2.29. The number of rotatable bonds is 19. The second-order valence-corrected chi connectivity index (χ2v) is 29.1. The summed E-state index contributed by atoms with van der Waals surface area (Å²) in [5.74, 6) is -13.7. The SMILES string of the molecule is Nc1ccc(-c2cnc(NC(=O)Cc3c(F)c(F)c(F)c(F)c3F)c(-c3ccc(O)cc3)n2)cc1.Nc1ccc(-c2cnc(NC(=O)Cc3ccc(F)c(F)c3)c(-c3ccc(O)cc3)n2)cc1.Nc1ccc(-c2cnc(NC(=O)Cc3ccc(I)cc3)c(-c3ccc(O)cc3)n2)cc1.Nc1ccc(-c2cnc(NC(=O)c3ccccc3)c(-c3ccc(O)cc3)n2)cc1. The van der Waals surface area contributed by atoms with Gasteiger partial charge in [0.25, 0.3) is 5.91 Å². The van der Waals surface area contributed by atoms with Crippen molar-refractivity contribution in [2.75, 3.05) is 44.2 Å². The summed E-state index contributed by atoms with van der Waals surface area (Å²) in [5.41, 5.74) is 35.3. The van der Waals surface area contributed by atoms with Crippen LogP contribution in [-0.4, -0.2) is 83.9 Å². The Labute approximate surface area is 732 Å². The molecular weight excluding hydrogens is 1750 g/mol. The highest BCUT2D eigenvalue weighted by Crippen LogP contribution is 2.36. The maximum Gasteiger partial charge on any atom is 0.256 e. The summed E-state index contributed by atoms with van der Waals surface area (Å²) in [6, 6.07) is 73.6. The Balaban J connectivity index is 0.000000145. The lowest BCUT2D eigenvalue weighted by molar-refractivity contribution is -0.116. The van der Waals surface area contributed by atoms with Crippen LogP contribution in [0.25, 0.3) is 90.1 Å². The van der Waals surface area contributed by atoms with Crippen LogP contribution in [-0.2, 0) is 33.6 Å². The first-order chi connectivity index (χ1) is 61.1. The largest absolute Gasteiger partial charge is 0.508 e. The van der Waals surface area contributed by atoms with Crippen LogP contribution in [0.15, 0.2) is 292 Å². The number of benzene rings is 12. The number of carbonyl (C=O) groups is 4. The Bertz CT molecular complexity index is 6640. The first-order valence-electron chi connectivity index (χ1n) is 38.2. The summed E-state index contributed by atoms with van der Waals surface area (Å²) in [6.45, 7) is 0. The zero-order chi connectivity index (χ0) is 90.0. The van der Waals surface area contributed by atoms with E-state index in [-0.39, 0.29) is 65.0 Å². The second kappa shape index (κ2) is 40.4. The second-order valence-electron chi connectivity index (χ2n) is 27.9. The third kappa shape index (κ3) is 23.0. The number of carbonyl (C=O) groups excluding carboxylic acids is 4. The van der Waals surface area contributed by atoms with Gasteiger partial charge in [0.1, 0.15) is 45.8 Å². The van der Waals surface area contributed by atoms with Crippen molar-refractivity contribution in [1.29, 1.82) is 0 Å². The van der Waals surface area contributed by atoms with E-state index in [1.54, 1.807) is 170 Å². The van der Waals surface area contributed by atoms with E-state index in [0.717, 1.165) is 49.1 Å². The van der Waals surface area contributed by atoms with Crippen LogP contribution in [0, 0.1) is 44.3 Å². The van der Waals surface area contributed by atoms with Crippen LogP contribution >= 0.6 is 22.6 Å². The molecule has 16 aromatic rings. The van der Waals surface area contributed by atoms with Crippen LogP contribution in [0.3, 0.4) is 0 Å². The van der Waals surface area contributed by atoms with Gasteiger partial charge in [0.05, 0.1) is 66.8 Å². The molecule has 0 spiro atoms. The molecule has 0 aliphatic heterocycles. The molecule has 12 aromatic carbocycles. The van der Waals surface area contributed by atoms with Crippen molar-refractivity contribution in [3.8, 4) is 113 Å². The van der Waals surface area contributed by atoms with Gasteiger partial charge in [-0.1, -0.05) is 84.9 Å². The number of nitrogen functional groups attached to an aromatic ring is 4. The Hall–Kier alpha value is -16.5. The Morgan fingerprint density at radius 1 is 0.299 bits per heavy atom. The van der Waals surface area contributed by atoms with Gasteiger partial charge in [-0.05, 0) is 216 Å². The summed E-state index contributed by atoms with van der Waals surface area (Å²) in [4.78, 5) is 86.4. The molecule has 16 rings (SSSR count). The number of halogens is 8. The van der Waals surface area contributed by atoms with Crippen molar-refractivity contribution in [3.63, 3.8) is 0 Å². The molecule has 0 aliphatic rings. The van der Waals surface area contributed by atoms with Crippen LogP contribution in [0.5, 0.6) is 23.0 Å². The molecule has 4 amide bonds. The summed E-state index contributed by atoms with van der Waals surface area (Å²) in [6.07, 6.45) is 4.97. The zero-order valence-electron chi connectivity index (χ0n) is 66.2. The Morgan fingerprint density at radius 2 is 0.575 bits per heavy atom. The summed E-state index contributed by atoms with van der Waals surface area (Å²) in [7, 11) is 0. The molecule has 0 saturated carbocycles. The first kappa shape index (κ1) is 88.3. The number of nitrogens with zero attached hydrogens (tertiary/aromatic N) is 8. The van der Waals surface area contributed by atoms with Crippen LogP contribution in [0.4, 0.5) is 76.8 Å². The molecule has 0 saturated heterocycles. The van der Waals surface area contributed by atoms with E-state index in [0.29, 0.717) is 102 Å². The molecule has 0 fully saturated rings. The third-order valence-electron chi connectivity index (χ3n) is 18.8. The standard InChI is InChI=1S/C24H15F5N4O2.C24H18F2N4O2.C24H19IN4O2.C23H18N4O2/c25-18-15(19(26)21(28)22(29)20(18)27)9-17(35)33-24-23(12-3-7-14(34)8-4-12)32-16(10-31-24)11-1-5-13(30)6-2-11;25-19-10-1-14(11-20(19)26)12-22(32)30-24-23(16-4-8-18(31)9-5-16)29-21(13-28-24)15-2-6-17(27)7-3-15;25-18-7-1-15(2-8-18)13-22(31)29-24-23(17-5-11-20(30)12-6-17)28-21(14-27-24)16-3-9-19(26)10-4-16;24-18-10-6-15(7-11-18)20-14-25-22(27-23(29)17-4-2-1-3-5-17)21(26-20)16-8-12-19(28)13-9-16/h1-8,10,34H,9,30H2,(H,31,33,35);1-11,13,31H,12,27H2,(H,28,30,32);1-12,14,30H,13,26H2,(H,27,29,31);1-14,28H,24H2,(H,25,27,29). The minimum Gasteiger partial charge on any atom is -0.508 e. The number of anilines is 8. The molecule has 0 radical (unpaired) electrons. The molecule has 634 valence electrons. The lowest BCUT2D eigenvalue weighted by Crippen LogP contribution is -2.19. The molecule has 32 heteroatoms. The highest BCUT2D eigenvalue weighted by atomic mass is 127. The van der Waals surface area contributed by atoms with Crippen molar-refractivity contribution in [2.45, 2.75) is 19.3 Å². The van der Waals surface area contributed by atoms with Crippen LogP contribution < -0.4 is 44.2 Å². The maximum absolute atomic E-state index is 14.0. The monoisotopic (exact) mass is 1820 g/mol.